The molecule has 1 aromatic rings. The van der Waals surface area contributed by atoms with Crippen LogP contribution >= 0.6 is 27.5 Å². The Morgan fingerprint density at radius 1 is 1.29 bits per heavy atom. The second kappa shape index (κ2) is 4.42. The summed E-state index contributed by atoms with van der Waals surface area (Å²) in [6, 6.07) is 7.15. The van der Waals surface area contributed by atoms with Gasteiger partial charge in [0, 0.05) is 5.02 Å². The SMILES string of the molecule is NC(=O)C(Br)C(=O)C1(c2ccc(Cl)cc2)CC1. The standard InChI is InChI=1S/C12H11BrClNO2/c13-9(11(15)17)10(16)12(5-6-12)7-1-3-8(14)4-2-7/h1-4,9H,5-6H2,(H2,15,17). The fourth-order valence-corrected chi connectivity index (χ4v) is 2.51. The molecule has 3 nitrogen and oxygen atoms in total. The zero-order valence-corrected chi connectivity index (χ0v) is 11.3. The number of primary amides is 1. The maximum absolute atomic E-state index is 12.2. The summed E-state index contributed by atoms with van der Waals surface area (Å²) < 4.78 is 0. The van der Waals surface area contributed by atoms with Gasteiger partial charge in [0.2, 0.25) is 5.91 Å². The molecule has 5 heteroatoms. The molecule has 2 rings (SSSR count). The van der Waals surface area contributed by atoms with Crippen molar-refractivity contribution in [3.63, 3.8) is 0 Å². The number of hydrogen-bond donors (Lipinski definition) is 1. The second-order valence-corrected chi connectivity index (χ2v) is 5.57. The minimum absolute atomic E-state index is 0.160. The maximum atomic E-state index is 12.2. The predicted octanol–water partition coefficient (Wildman–Crippen LogP) is 2.19. The lowest BCUT2D eigenvalue weighted by molar-refractivity contribution is -0.126. The van der Waals surface area contributed by atoms with Gasteiger partial charge in [-0.2, -0.15) is 0 Å². The van der Waals surface area contributed by atoms with Gasteiger partial charge in [-0.25, -0.2) is 0 Å². The highest BCUT2D eigenvalue weighted by atomic mass is 79.9. The summed E-state index contributed by atoms with van der Waals surface area (Å²) in [4.78, 5) is 22.3. The number of Topliss-reactive ketones (excluding diaryl/α,β-unsaturated/α-hetero) is 1. The Kier molecular flexibility index (Phi) is 3.27. The molecule has 1 aliphatic rings. The topological polar surface area (TPSA) is 60.2 Å². The Morgan fingerprint density at radius 3 is 2.24 bits per heavy atom. The molecule has 1 saturated carbocycles. The highest BCUT2D eigenvalue weighted by Gasteiger charge is 2.53. The molecule has 1 fully saturated rings. The number of ketones is 1. The van der Waals surface area contributed by atoms with Crippen LogP contribution in [0.2, 0.25) is 5.02 Å². The summed E-state index contributed by atoms with van der Waals surface area (Å²) >= 11 is 8.85. The van der Waals surface area contributed by atoms with Crippen LogP contribution in [0, 0.1) is 0 Å². The second-order valence-electron chi connectivity index (χ2n) is 4.22. The van der Waals surface area contributed by atoms with E-state index >= 15 is 0 Å². The molecule has 2 N–H and O–H groups in total. The van der Waals surface area contributed by atoms with Crippen LogP contribution in [0.1, 0.15) is 18.4 Å². The Morgan fingerprint density at radius 2 is 1.82 bits per heavy atom. The number of benzene rings is 1. The van der Waals surface area contributed by atoms with Crippen LogP contribution in [-0.2, 0) is 15.0 Å². The minimum Gasteiger partial charge on any atom is -0.368 e. The van der Waals surface area contributed by atoms with Gasteiger partial charge in [0.25, 0.3) is 0 Å². The van der Waals surface area contributed by atoms with Crippen molar-refractivity contribution in [1.82, 2.24) is 0 Å². The van der Waals surface area contributed by atoms with Crippen molar-refractivity contribution in [3.8, 4) is 0 Å². The van der Waals surface area contributed by atoms with Crippen molar-refractivity contribution >= 4 is 39.2 Å². The van der Waals surface area contributed by atoms with E-state index in [1.807, 2.05) is 12.1 Å². The molecule has 1 aromatic carbocycles. The molecule has 0 spiro atoms. The maximum Gasteiger partial charge on any atom is 0.238 e. The molecule has 0 bridgehead atoms. The number of carbonyl (C=O) groups excluding carboxylic acids is 2. The lowest BCUT2D eigenvalue weighted by atomic mass is 9.89. The molecule has 0 radical (unpaired) electrons. The summed E-state index contributed by atoms with van der Waals surface area (Å²) in [7, 11) is 0. The third-order valence-corrected chi connectivity index (χ3v) is 4.22. The van der Waals surface area contributed by atoms with Crippen molar-refractivity contribution in [2.45, 2.75) is 23.1 Å². The van der Waals surface area contributed by atoms with Crippen molar-refractivity contribution in [2.24, 2.45) is 5.73 Å². The van der Waals surface area contributed by atoms with Gasteiger partial charge in [0.15, 0.2) is 10.6 Å². The molecule has 1 unspecified atom stereocenters. The van der Waals surface area contributed by atoms with Crippen molar-refractivity contribution < 1.29 is 9.59 Å². The molecular formula is C12H11BrClNO2. The van der Waals surface area contributed by atoms with Gasteiger partial charge in [-0.05, 0) is 30.5 Å². The van der Waals surface area contributed by atoms with Gasteiger partial charge in [-0.1, -0.05) is 39.7 Å². The number of amides is 1. The third-order valence-electron chi connectivity index (χ3n) is 3.10. The van der Waals surface area contributed by atoms with Gasteiger partial charge >= 0.3 is 0 Å². The first-order valence-corrected chi connectivity index (χ1v) is 6.50. The van der Waals surface area contributed by atoms with E-state index in [1.165, 1.54) is 0 Å². The van der Waals surface area contributed by atoms with Crippen LogP contribution in [0.3, 0.4) is 0 Å². The highest BCUT2D eigenvalue weighted by Crippen LogP contribution is 2.50. The van der Waals surface area contributed by atoms with Crippen molar-refractivity contribution in [1.29, 1.82) is 0 Å². The molecule has 0 aliphatic heterocycles. The number of alkyl halides is 1. The summed E-state index contributed by atoms with van der Waals surface area (Å²) in [6.45, 7) is 0. The highest BCUT2D eigenvalue weighted by molar-refractivity contribution is 9.10. The zero-order valence-electron chi connectivity index (χ0n) is 8.95. The Balaban J connectivity index is 2.28. The van der Waals surface area contributed by atoms with Crippen LogP contribution in [0.15, 0.2) is 24.3 Å². The third kappa shape index (κ3) is 2.24. The number of nitrogens with two attached hydrogens (primary N) is 1. The number of hydrogen-bond acceptors (Lipinski definition) is 2. The van der Waals surface area contributed by atoms with E-state index in [2.05, 4.69) is 15.9 Å². The first-order chi connectivity index (χ1) is 7.97. The van der Waals surface area contributed by atoms with E-state index in [0.717, 1.165) is 18.4 Å². The predicted molar refractivity (Wildman–Crippen MR) is 69.3 cm³/mol. The Labute approximate surface area is 112 Å². The monoisotopic (exact) mass is 315 g/mol. The van der Waals surface area contributed by atoms with E-state index < -0.39 is 16.1 Å². The molecule has 0 aromatic heterocycles. The molecular weight excluding hydrogens is 305 g/mol. The average molecular weight is 317 g/mol. The molecule has 17 heavy (non-hydrogen) atoms. The van der Waals surface area contributed by atoms with Crippen molar-refractivity contribution in [2.75, 3.05) is 0 Å². The normalized spacial score (nSPS) is 18.5. The Hall–Kier alpha value is -0.870. The Bertz CT molecular complexity index is 468. The number of rotatable bonds is 4. The molecule has 1 atom stereocenters. The van der Waals surface area contributed by atoms with E-state index in [4.69, 9.17) is 17.3 Å². The number of halogens is 2. The van der Waals surface area contributed by atoms with Crippen LogP contribution in [0.4, 0.5) is 0 Å². The van der Waals surface area contributed by atoms with E-state index in [0.29, 0.717) is 5.02 Å². The summed E-state index contributed by atoms with van der Waals surface area (Å²) in [5.74, 6) is -0.803. The smallest absolute Gasteiger partial charge is 0.238 e. The summed E-state index contributed by atoms with van der Waals surface area (Å²) in [6.07, 6.45) is 1.51. The van der Waals surface area contributed by atoms with E-state index in [-0.39, 0.29) is 5.78 Å². The lowest BCUT2D eigenvalue weighted by Gasteiger charge is -2.16. The zero-order chi connectivity index (χ0) is 12.6. The van der Waals surface area contributed by atoms with Gasteiger partial charge in [-0.3, -0.25) is 9.59 Å². The summed E-state index contributed by atoms with van der Waals surface area (Å²) in [5, 5.41) is 0.627. The van der Waals surface area contributed by atoms with Crippen LogP contribution in [0.5, 0.6) is 0 Å². The van der Waals surface area contributed by atoms with Gasteiger partial charge in [-0.15, -0.1) is 0 Å². The average Bonchev–Trinajstić information content (AvgIpc) is 3.09. The van der Waals surface area contributed by atoms with Crippen LogP contribution in [0.25, 0.3) is 0 Å². The van der Waals surface area contributed by atoms with Gasteiger partial charge in [0.1, 0.15) is 0 Å². The molecule has 1 aliphatic carbocycles. The minimum atomic E-state index is -0.916. The first kappa shape index (κ1) is 12.6. The first-order valence-electron chi connectivity index (χ1n) is 5.21. The number of carbonyl (C=O) groups is 2. The fourth-order valence-electron chi connectivity index (χ4n) is 1.94. The van der Waals surface area contributed by atoms with Gasteiger partial charge in [0.05, 0.1) is 5.41 Å². The summed E-state index contributed by atoms with van der Waals surface area (Å²) in [5.41, 5.74) is 5.49. The van der Waals surface area contributed by atoms with Crippen molar-refractivity contribution in [3.05, 3.63) is 34.9 Å². The fraction of sp³-hybridized carbons (Fsp3) is 0.333. The molecule has 1 amide bonds. The molecule has 90 valence electrons. The lowest BCUT2D eigenvalue weighted by Crippen LogP contribution is -2.37. The van der Waals surface area contributed by atoms with Gasteiger partial charge < -0.3 is 5.73 Å². The van der Waals surface area contributed by atoms with E-state index in [1.54, 1.807) is 12.1 Å². The van der Waals surface area contributed by atoms with Crippen LogP contribution < -0.4 is 5.73 Å². The largest absolute Gasteiger partial charge is 0.368 e. The van der Waals surface area contributed by atoms with Crippen LogP contribution in [-0.4, -0.2) is 16.5 Å². The van der Waals surface area contributed by atoms with E-state index in [9.17, 15) is 9.59 Å². The molecule has 0 heterocycles. The quantitative estimate of drug-likeness (QED) is 0.684. The molecule has 0 saturated heterocycles.